The van der Waals surface area contributed by atoms with Crippen molar-refractivity contribution in [1.82, 2.24) is 4.72 Å². The maximum atomic E-state index is 11.7. The summed E-state index contributed by atoms with van der Waals surface area (Å²) in [4.78, 5) is 1.03. The third-order valence-corrected chi connectivity index (χ3v) is 5.03. The van der Waals surface area contributed by atoms with Gasteiger partial charge in [-0.25, -0.2) is 13.1 Å². The Morgan fingerprint density at radius 3 is 3.07 bits per heavy atom. The molecule has 0 radical (unpaired) electrons. The molecular weight excluding hydrogens is 234 g/mol. The van der Waals surface area contributed by atoms with Gasteiger partial charge in [-0.1, -0.05) is 6.07 Å². The highest BCUT2D eigenvalue weighted by atomic mass is 32.2. The van der Waals surface area contributed by atoms with Crippen LogP contribution in [-0.4, -0.2) is 26.9 Å². The van der Waals surface area contributed by atoms with Gasteiger partial charge < -0.3 is 4.74 Å². The van der Waals surface area contributed by atoms with Crippen molar-refractivity contribution in [3.05, 3.63) is 22.4 Å². The van der Waals surface area contributed by atoms with Crippen molar-refractivity contribution >= 4 is 21.4 Å². The number of hydrogen-bond donors (Lipinski definition) is 1. The minimum absolute atomic E-state index is 0.319. The van der Waals surface area contributed by atoms with Gasteiger partial charge in [-0.15, -0.1) is 11.3 Å². The zero-order valence-electron chi connectivity index (χ0n) is 8.18. The van der Waals surface area contributed by atoms with Crippen molar-refractivity contribution in [3.63, 3.8) is 0 Å². The molecule has 15 heavy (non-hydrogen) atoms. The summed E-state index contributed by atoms with van der Waals surface area (Å²) in [5.74, 6) is 0. The van der Waals surface area contributed by atoms with E-state index in [0.29, 0.717) is 26.2 Å². The average molecular weight is 247 g/mol. The fraction of sp³-hybridized carbons (Fsp3) is 0.556. The second-order valence-corrected chi connectivity index (χ2v) is 6.51. The molecule has 1 aromatic heterocycles. The van der Waals surface area contributed by atoms with Crippen LogP contribution in [0, 0.1) is 0 Å². The smallest absolute Gasteiger partial charge is 0.217 e. The number of rotatable bonds is 4. The second-order valence-electron chi connectivity index (χ2n) is 3.43. The first-order chi connectivity index (χ1) is 7.18. The van der Waals surface area contributed by atoms with Crippen molar-refractivity contribution in [3.8, 4) is 0 Å². The molecule has 1 atom stereocenters. The van der Waals surface area contributed by atoms with Crippen molar-refractivity contribution in [2.24, 2.45) is 0 Å². The summed E-state index contributed by atoms with van der Waals surface area (Å²) in [5, 5.41) is 1.56. The maximum Gasteiger partial charge on any atom is 0.217 e. The third kappa shape index (κ3) is 2.78. The number of sulfonamides is 1. The lowest BCUT2D eigenvalue weighted by Gasteiger charge is -2.10. The lowest BCUT2D eigenvalue weighted by Crippen LogP contribution is -2.34. The fourth-order valence-corrected chi connectivity index (χ4v) is 3.47. The number of nitrogens with one attached hydrogen (secondary N) is 1. The minimum Gasteiger partial charge on any atom is -0.380 e. The molecule has 2 heterocycles. The Kier molecular flexibility index (Phi) is 3.40. The van der Waals surface area contributed by atoms with Gasteiger partial charge in [-0.3, -0.25) is 0 Å². The first-order valence-corrected chi connectivity index (χ1v) is 7.20. The van der Waals surface area contributed by atoms with Crippen LogP contribution in [0.2, 0.25) is 0 Å². The molecule has 0 unspecified atom stereocenters. The fourth-order valence-electron chi connectivity index (χ4n) is 1.46. The van der Waals surface area contributed by atoms with Crippen molar-refractivity contribution in [1.29, 1.82) is 0 Å². The normalized spacial score (nSPS) is 22.0. The summed E-state index contributed by atoms with van der Waals surface area (Å²) in [6.07, 6.45) is 0.597. The highest BCUT2D eigenvalue weighted by Crippen LogP contribution is 2.14. The predicted molar refractivity (Wildman–Crippen MR) is 59.3 cm³/mol. The topological polar surface area (TPSA) is 55.4 Å². The molecule has 0 amide bonds. The van der Waals surface area contributed by atoms with E-state index in [1.165, 1.54) is 0 Å². The molecule has 1 fully saturated rings. The molecule has 0 spiro atoms. The Morgan fingerprint density at radius 1 is 1.60 bits per heavy atom. The highest BCUT2D eigenvalue weighted by Gasteiger charge is 2.29. The molecule has 4 nitrogen and oxygen atoms in total. The summed E-state index contributed by atoms with van der Waals surface area (Å²) >= 11 is 1.55. The predicted octanol–water partition coefficient (Wildman–Crippen LogP) is 0.956. The Hall–Kier alpha value is -0.430. The van der Waals surface area contributed by atoms with Crippen molar-refractivity contribution in [2.45, 2.75) is 18.2 Å². The van der Waals surface area contributed by atoms with Crippen molar-refractivity contribution < 1.29 is 13.2 Å². The molecule has 0 bridgehead atoms. The SMILES string of the molecule is O=S(=O)(NCc1cccs1)[C@@H]1CCOC1. The molecule has 1 saturated heterocycles. The van der Waals surface area contributed by atoms with Gasteiger partial charge in [0.05, 0.1) is 6.61 Å². The van der Waals surface area contributed by atoms with Crippen LogP contribution < -0.4 is 4.72 Å². The molecule has 1 N–H and O–H groups in total. The van der Waals surface area contributed by atoms with E-state index in [1.807, 2.05) is 17.5 Å². The Balaban J connectivity index is 1.93. The Labute approximate surface area is 93.3 Å². The van der Waals surface area contributed by atoms with Gasteiger partial charge in [0.2, 0.25) is 10.0 Å². The minimum atomic E-state index is -3.20. The van der Waals surface area contributed by atoms with Crippen LogP contribution in [0.4, 0.5) is 0 Å². The molecule has 84 valence electrons. The van der Waals surface area contributed by atoms with Crippen molar-refractivity contribution in [2.75, 3.05) is 13.2 Å². The van der Waals surface area contributed by atoms with Gasteiger partial charge in [-0.2, -0.15) is 0 Å². The van der Waals surface area contributed by atoms with E-state index in [9.17, 15) is 8.42 Å². The lowest BCUT2D eigenvalue weighted by molar-refractivity contribution is 0.198. The molecule has 6 heteroatoms. The third-order valence-electron chi connectivity index (χ3n) is 2.35. The van der Waals surface area contributed by atoms with Crippen LogP contribution in [0.5, 0.6) is 0 Å². The first-order valence-electron chi connectivity index (χ1n) is 4.77. The zero-order chi connectivity index (χ0) is 10.7. The van der Waals surface area contributed by atoms with Gasteiger partial charge in [0.15, 0.2) is 0 Å². The largest absolute Gasteiger partial charge is 0.380 e. The van der Waals surface area contributed by atoms with Gasteiger partial charge >= 0.3 is 0 Å². The van der Waals surface area contributed by atoms with E-state index in [4.69, 9.17) is 4.74 Å². The van der Waals surface area contributed by atoms with E-state index in [-0.39, 0.29) is 5.25 Å². The molecule has 1 aliphatic rings. The average Bonchev–Trinajstić information content (AvgIpc) is 2.88. The van der Waals surface area contributed by atoms with E-state index >= 15 is 0 Å². The van der Waals surface area contributed by atoms with Crippen LogP contribution >= 0.6 is 11.3 Å². The maximum absolute atomic E-state index is 11.7. The van der Waals surface area contributed by atoms with Crippen LogP contribution in [-0.2, 0) is 21.3 Å². The summed E-state index contributed by atoms with van der Waals surface area (Å²) in [7, 11) is -3.20. The summed E-state index contributed by atoms with van der Waals surface area (Å²) < 4.78 is 31.2. The van der Waals surface area contributed by atoms with Crippen LogP contribution in [0.15, 0.2) is 17.5 Å². The molecule has 0 aliphatic carbocycles. The van der Waals surface area contributed by atoms with E-state index in [2.05, 4.69) is 4.72 Å². The monoisotopic (exact) mass is 247 g/mol. The number of ether oxygens (including phenoxy) is 1. The number of thiophene rings is 1. The van der Waals surface area contributed by atoms with Gasteiger partial charge in [0.25, 0.3) is 0 Å². The Morgan fingerprint density at radius 2 is 2.47 bits per heavy atom. The molecule has 0 aromatic carbocycles. The van der Waals surface area contributed by atoms with E-state index in [1.54, 1.807) is 11.3 Å². The standard InChI is InChI=1S/C9H13NO3S2/c11-15(12,9-3-4-13-7-9)10-6-8-2-1-5-14-8/h1-2,5,9-10H,3-4,6-7H2/t9-/m1/s1. The lowest BCUT2D eigenvalue weighted by atomic mass is 10.4. The number of hydrogen-bond acceptors (Lipinski definition) is 4. The summed E-state index contributed by atoms with van der Waals surface area (Å²) in [6, 6.07) is 3.82. The second kappa shape index (κ2) is 4.61. The van der Waals surface area contributed by atoms with Crippen LogP contribution in [0.3, 0.4) is 0 Å². The van der Waals surface area contributed by atoms with E-state index in [0.717, 1.165) is 4.88 Å². The molecule has 0 saturated carbocycles. The van der Waals surface area contributed by atoms with Gasteiger partial charge in [0.1, 0.15) is 5.25 Å². The first kappa shape index (κ1) is 11.1. The quantitative estimate of drug-likeness (QED) is 0.862. The van der Waals surface area contributed by atoms with Crippen LogP contribution in [0.1, 0.15) is 11.3 Å². The molecular formula is C9H13NO3S2. The Bertz CT molecular complexity index is 393. The van der Waals surface area contributed by atoms with Gasteiger partial charge in [-0.05, 0) is 17.9 Å². The summed E-state index contributed by atoms with van der Waals surface area (Å²) in [6.45, 7) is 1.25. The van der Waals surface area contributed by atoms with Crippen LogP contribution in [0.25, 0.3) is 0 Å². The highest BCUT2D eigenvalue weighted by molar-refractivity contribution is 7.90. The van der Waals surface area contributed by atoms with Gasteiger partial charge in [0, 0.05) is 18.0 Å². The molecule has 1 aromatic rings. The summed E-state index contributed by atoms with van der Waals surface area (Å²) in [5.41, 5.74) is 0. The zero-order valence-corrected chi connectivity index (χ0v) is 9.81. The molecule has 1 aliphatic heterocycles. The van der Waals surface area contributed by atoms with E-state index < -0.39 is 10.0 Å². The molecule has 2 rings (SSSR count).